The summed E-state index contributed by atoms with van der Waals surface area (Å²) in [4.78, 5) is 32.8. The zero-order valence-corrected chi connectivity index (χ0v) is 13.6. The summed E-state index contributed by atoms with van der Waals surface area (Å²) in [5.41, 5.74) is -0.488. The Labute approximate surface area is 142 Å². The highest BCUT2D eigenvalue weighted by Crippen LogP contribution is 2.28. The quantitative estimate of drug-likeness (QED) is 0.314. The van der Waals surface area contributed by atoms with Crippen LogP contribution in [0.15, 0.2) is 36.4 Å². The summed E-state index contributed by atoms with van der Waals surface area (Å²) in [7, 11) is 0. The first-order chi connectivity index (χ1) is 10.3. The molecule has 0 amide bonds. The van der Waals surface area contributed by atoms with Crippen LogP contribution >= 0.6 is 34.2 Å². The molecule has 0 saturated carbocycles. The smallest absolute Gasteiger partial charge is 0.288 e. The van der Waals surface area contributed by atoms with Crippen molar-refractivity contribution in [1.29, 1.82) is 0 Å². The summed E-state index contributed by atoms with van der Waals surface area (Å²) in [5, 5.41) is 21.7. The van der Waals surface area contributed by atoms with Gasteiger partial charge in [-0.3, -0.25) is 25.0 Å². The summed E-state index contributed by atoms with van der Waals surface area (Å²) in [6.45, 7) is 0. The minimum Gasteiger partial charge on any atom is -0.289 e. The highest BCUT2D eigenvalue weighted by molar-refractivity contribution is 14.1. The van der Waals surface area contributed by atoms with E-state index in [1.807, 2.05) is 0 Å². The average molecular weight is 433 g/mol. The van der Waals surface area contributed by atoms with Crippen LogP contribution in [0.25, 0.3) is 0 Å². The number of nitro groups is 2. The summed E-state index contributed by atoms with van der Waals surface area (Å²) < 4.78 is 0.390. The van der Waals surface area contributed by atoms with Crippen molar-refractivity contribution in [3.63, 3.8) is 0 Å². The maximum atomic E-state index is 12.3. The van der Waals surface area contributed by atoms with Gasteiger partial charge in [0, 0.05) is 23.3 Å². The molecule has 112 valence electrons. The lowest BCUT2D eigenvalue weighted by molar-refractivity contribution is -0.385. The molecule has 0 heterocycles. The average Bonchev–Trinajstić information content (AvgIpc) is 2.47. The number of carbonyl (C=O) groups is 1. The van der Waals surface area contributed by atoms with Crippen molar-refractivity contribution in [2.45, 2.75) is 0 Å². The molecular formula is C13H6ClIN2O5. The van der Waals surface area contributed by atoms with Crippen molar-refractivity contribution in [3.05, 3.63) is 76.3 Å². The monoisotopic (exact) mass is 432 g/mol. The number of nitro benzene ring substituents is 2. The van der Waals surface area contributed by atoms with Gasteiger partial charge in [0.15, 0.2) is 5.78 Å². The lowest BCUT2D eigenvalue weighted by atomic mass is 10.0. The third-order valence-corrected chi connectivity index (χ3v) is 4.04. The minimum atomic E-state index is -0.699. The molecule has 0 bridgehead atoms. The molecule has 0 N–H and O–H groups in total. The first-order valence-corrected chi connectivity index (χ1v) is 7.19. The molecule has 0 aromatic heterocycles. The highest BCUT2D eigenvalue weighted by atomic mass is 127. The summed E-state index contributed by atoms with van der Waals surface area (Å²) in [6.07, 6.45) is 0. The van der Waals surface area contributed by atoms with Gasteiger partial charge in [-0.15, -0.1) is 0 Å². The molecule has 2 aromatic carbocycles. The Kier molecular flexibility index (Phi) is 4.71. The third-order valence-electron chi connectivity index (χ3n) is 2.81. The van der Waals surface area contributed by atoms with Crippen LogP contribution < -0.4 is 0 Å². The fourth-order valence-electron chi connectivity index (χ4n) is 1.75. The lowest BCUT2D eigenvalue weighted by Crippen LogP contribution is -2.04. The molecule has 2 rings (SSSR count). The topological polar surface area (TPSA) is 103 Å². The van der Waals surface area contributed by atoms with Gasteiger partial charge in [0.05, 0.1) is 13.4 Å². The van der Waals surface area contributed by atoms with Gasteiger partial charge in [-0.05, 0) is 46.9 Å². The fraction of sp³-hybridized carbons (Fsp3) is 0. The van der Waals surface area contributed by atoms with Gasteiger partial charge in [0.2, 0.25) is 0 Å². The number of halogens is 2. The number of hydrogen-bond acceptors (Lipinski definition) is 5. The van der Waals surface area contributed by atoms with Gasteiger partial charge in [0.25, 0.3) is 11.4 Å². The maximum Gasteiger partial charge on any atom is 0.288 e. The molecule has 22 heavy (non-hydrogen) atoms. The van der Waals surface area contributed by atoms with Crippen LogP contribution in [0.2, 0.25) is 5.02 Å². The molecular weight excluding hydrogens is 427 g/mol. The van der Waals surface area contributed by atoms with E-state index < -0.39 is 21.3 Å². The van der Waals surface area contributed by atoms with E-state index in [0.717, 1.165) is 12.1 Å². The van der Waals surface area contributed by atoms with E-state index in [4.69, 9.17) is 11.6 Å². The van der Waals surface area contributed by atoms with Crippen LogP contribution in [0.1, 0.15) is 15.9 Å². The van der Waals surface area contributed by atoms with Crippen molar-refractivity contribution in [2.75, 3.05) is 0 Å². The van der Waals surface area contributed by atoms with E-state index in [2.05, 4.69) is 0 Å². The number of hydrogen-bond donors (Lipinski definition) is 0. The molecule has 7 nitrogen and oxygen atoms in total. The van der Waals surface area contributed by atoms with Crippen molar-refractivity contribution in [1.82, 2.24) is 0 Å². The van der Waals surface area contributed by atoms with Crippen LogP contribution in [0.3, 0.4) is 0 Å². The first-order valence-electron chi connectivity index (χ1n) is 5.74. The van der Waals surface area contributed by atoms with E-state index in [-0.39, 0.29) is 21.8 Å². The van der Waals surface area contributed by atoms with E-state index >= 15 is 0 Å². The number of benzene rings is 2. The molecule has 0 fully saturated rings. The second-order valence-electron chi connectivity index (χ2n) is 4.18. The van der Waals surface area contributed by atoms with E-state index in [0.29, 0.717) is 3.57 Å². The zero-order valence-electron chi connectivity index (χ0n) is 10.7. The predicted octanol–water partition coefficient (Wildman–Crippen LogP) is 3.99. The van der Waals surface area contributed by atoms with Crippen LogP contribution in [-0.2, 0) is 0 Å². The van der Waals surface area contributed by atoms with Gasteiger partial charge in [0.1, 0.15) is 5.02 Å². The Bertz CT molecular complexity index is 744. The van der Waals surface area contributed by atoms with Crippen LogP contribution in [-0.4, -0.2) is 15.6 Å². The Morgan fingerprint density at radius 3 is 2.00 bits per heavy atom. The fourth-order valence-corrected chi connectivity index (χ4v) is 2.47. The minimum absolute atomic E-state index is 0.0339. The molecule has 0 atom stereocenters. The molecule has 2 aromatic rings. The zero-order chi connectivity index (χ0) is 16.4. The predicted molar refractivity (Wildman–Crippen MR) is 87.4 cm³/mol. The maximum absolute atomic E-state index is 12.3. The Morgan fingerprint density at radius 2 is 1.45 bits per heavy atom. The van der Waals surface area contributed by atoms with Crippen LogP contribution in [0.5, 0.6) is 0 Å². The number of carbonyl (C=O) groups excluding carboxylic acids is 1. The van der Waals surface area contributed by atoms with Gasteiger partial charge in [-0.25, -0.2) is 0 Å². The first kappa shape index (κ1) is 16.3. The van der Waals surface area contributed by atoms with Crippen molar-refractivity contribution >= 4 is 51.3 Å². The number of nitrogens with zero attached hydrogens (tertiary/aromatic N) is 2. The standard InChI is InChI=1S/C13H6ClIN2O5/c14-9-3-1-7(5-11(9)16(19)20)13(18)8-2-4-10(15)12(6-8)17(21)22/h1-6H. The summed E-state index contributed by atoms with van der Waals surface area (Å²) in [5.74, 6) is -0.556. The molecule has 9 heteroatoms. The Morgan fingerprint density at radius 1 is 0.955 bits per heavy atom. The largest absolute Gasteiger partial charge is 0.289 e. The van der Waals surface area contributed by atoms with E-state index in [1.54, 1.807) is 22.6 Å². The molecule has 0 aliphatic rings. The van der Waals surface area contributed by atoms with E-state index in [9.17, 15) is 25.0 Å². The summed E-state index contributed by atoms with van der Waals surface area (Å²) >= 11 is 7.48. The number of ketones is 1. The number of rotatable bonds is 4. The van der Waals surface area contributed by atoms with Crippen LogP contribution in [0, 0.1) is 23.8 Å². The normalized spacial score (nSPS) is 10.3. The molecule has 0 aliphatic carbocycles. The Balaban J connectivity index is 2.49. The van der Waals surface area contributed by atoms with Gasteiger partial charge < -0.3 is 0 Å². The SMILES string of the molecule is O=C(c1ccc(Cl)c([N+](=O)[O-])c1)c1ccc(I)c([N+](=O)[O-])c1. The van der Waals surface area contributed by atoms with Crippen molar-refractivity contribution in [2.24, 2.45) is 0 Å². The molecule has 0 radical (unpaired) electrons. The second kappa shape index (κ2) is 6.36. The second-order valence-corrected chi connectivity index (χ2v) is 5.75. The Hall–Kier alpha value is -2.07. The third kappa shape index (κ3) is 3.22. The van der Waals surface area contributed by atoms with Crippen molar-refractivity contribution < 1.29 is 14.6 Å². The van der Waals surface area contributed by atoms with Gasteiger partial charge >= 0.3 is 0 Å². The van der Waals surface area contributed by atoms with Gasteiger partial charge in [-0.1, -0.05) is 11.6 Å². The molecule has 0 spiro atoms. The summed E-state index contributed by atoms with van der Waals surface area (Å²) in [6, 6.07) is 7.64. The van der Waals surface area contributed by atoms with E-state index in [1.165, 1.54) is 24.3 Å². The lowest BCUT2D eigenvalue weighted by Gasteiger charge is -2.03. The van der Waals surface area contributed by atoms with Crippen molar-refractivity contribution in [3.8, 4) is 0 Å². The molecule has 0 saturated heterocycles. The van der Waals surface area contributed by atoms with Gasteiger partial charge in [-0.2, -0.15) is 0 Å². The van der Waals surface area contributed by atoms with Crippen LogP contribution in [0.4, 0.5) is 11.4 Å². The highest BCUT2D eigenvalue weighted by Gasteiger charge is 2.20. The molecule has 0 aliphatic heterocycles. The molecule has 0 unspecified atom stereocenters.